The van der Waals surface area contributed by atoms with Crippen molar-refractivity contribution in [2.24, 2.45) is 17.8 Å². The molecule has 0 radical (unpaired) electrons. The minimum absolute atomic E-state index is 0.0729. The van der Waals surface area contributed by atoms with Crippen molar-refractivity contribution in [3.63, 3.8) is 0 Å². The van der Waals surface area contributed by atoms with E-state index in [1.54, 1.807) is 30.3 Å². The molecule has 2 aliphatic rings. The number of benzene rings is 2. The molecule has 0 saturated heterocycles. The first kappa shape index (κ1) is 22.1. The minimum atomic E-state index is -3.60. The number of hydrogen-bond donors (Lipinski definition) is 2. The van der Waals surface area contributed by atoms with Crippen LogP contribution >= 0.6 is 11.6 Å². The first-order valence-electron chi connectivity index (χ1n) is 10.7. The molecule has 0 heterocycles. The third kappa shape index (κ3) is 5.37. The summed E-state index contributed by atoms with van der Waals surface area (Å²) < 4.78 is 28.5. The monoisotopic (exact) mass is 458 g/mol. The van der Waals surface area contributed by atoms with Crippen LogP contribution < -0.4 is 10.0 Å². The molecule has 0 aromatic heterocycles. The van der Waals surface area contributed by atoms with E-state index in [4.69, 9.17) is 11.6 Å². The molecule has 31 heavy (non-hydrogen) atoms. The van der Waals surface area contributed by atoms with Gasteiger partial charge in [-0.05, 0) is 92.0 Å². The second-order valence-corrected chi connectivity index (χ2v) is 10.8. The van der Waals surface area contributed by atoms with Crippen LogP contribution in [0.4, 0.5) is 5.69 Å². The van der Waals surface area contributed by atoms with Crippen LogP contribution in [0.5, 0.6) is 0 Å². The fourth-order valence-corrected chi connectivity index (χ4v) is 6.48. The highest BCUT2D eigenvalue weighted by Gasteiger charge is 2.42. The molecule has 7 heteroatoms. The van der Waals surface area contributed by atoms with Gasteiger partial charge in [-0.25, -0.2) is 13.1 Å². The molecular weight excluding hydrogens is 432 g/mol. The van der Waals surface area contributed by atoms with Gasteiger partial charge < -0.3 is 5.32 Å². The third-order valence-electron chi connectivity index (χ3n) is 6.48. The van der Waals surface area contributed by atoms with E-state index in [1.807, 2.05) is 19.1 Å². The summed E-state index contributed by atoms with van der Waals surface area (Å²) in [4.78, 5) is 12.3. The fourth-order valence-electron chi connectivity index (χ4n) is 4.99. The van der Waals surface area contributed by atoms with Crippen molar-refractivity contribution >= 4 is 39.3 Å². The Morgan fingerprint density at radius 3 is 2.55 bits per heavy atom. The van der Waals surface area contributed by atoms with Crippen molar-refractivity contribution in [2.45, 2.75) is 43.5 Å². The Morgan fingerprint density at radius 1 is 1.13 bits per heavy atom. The van der Waals surface area contributed by atoms with Crippen LogP contribution in [0.25, 0.3) is 6.08 Å². The predicted octanol–water partition coefficient (Wildman–Crippen LogP) is 5.09. The van der Waals surface area contributed by atoms with Crippen molar-refractivity contribution in [1.82, 2.24) is 4.72 Å². The molecule has 2 saturated carbocycles. The van der Waals surface area contributed by atoms with Crippen LogP contribution in [0, 0.1) is 17.8 Å². The summed E-state index contributed by atoms with van der Waals surface area (Å²) in [5, 5.41) is 3.34. The SMILES string of the molecule is C[C@H](NS(=O)(=O)c1ccc(NC(=O)/C=C/c2cccc(Cl)c2)cc1)[C@H]1C[C@H]2CC[C@H]1C2. The van der Waals surface area contributed by atoms with E-state index in [-0.39, 0.29) is 16.8 Å². The Morgan fingerprint density at radius 2 is 1.90 bits per heavy atom. The van der Waals surface area contributed by atoms with Gasteiger partial charge in [0.25, 0.3) is 0 Å². The molecule has 4 rings (SSSR count). The van der Waals surface area contributed by atoms with E-state index < -0.39 is 10.0 Å². The lowest BCUT2D eigenvalue weighted by Crippen LogP contribution is -2.40. The number of amides is 1. The van der Waals surface area contributed by atoms with Gasteiger partial charge in [0, 0.05) is 22.8 Å². The Hall–Kier alpha value is -2.15. The lowest BCUT2D eigenvalue weighted by atomic mass is 9.84. The first-order valence-corrected chi connectivity index (χ1v) is 12.5. The van der Waals surface area contributed by atoms with Gasteiger partial charge in [0.05, 0.1) is 4.90 Å². The molecule has 2 fully saturated rings. The van der Waals surface area contributed by atoms with Crippen LogP contribution in [0.2, 0.25) is 5.02 Å². The number of hydrogen-bond acceptors (Lipinski definition) is 3. The number of nitrogens with one attached hydrogen (secondary N) is 2. The normalized spacial score (nSPS) is 23.9. The highest BCUT2D eigenvalue weighted by Crippen LogP contribution is 2.49. The summed E-state index contributed by atoms with van der Waals surface area (Å²) in [6, 6.07) is 13.3. The summed E-state index contributed by atoms with van der Waals surface area (Å²) in [6.45, 7) is 1.98. The highest BCUT2D eigenvalue weighted by molar-refractivity contribution is 7.89. The van der Waals surface area contributed by atoms with Gasteiger partial charge in [-0.2, -0.15) is 0 Å². The largest absolute Gasteiger partial charge is 0.323 e. The summed E-state index contributed by atoms with van der Waals surface area (Å²) in [7, 11) is -3.60. The molecule has 2 N–H and O–H groups in total. The maximum Gasteiger partial charge on any atom is 0.248 e. The molecule has 2 aliphatic carbocycles. The summed E-state index contributed by atoms with van der Waals surface area (Å²) >= 11 is 5.94. The molecular formula is C24H27ClN2O3S. The fraction of sp³-hybridized carbons (Fsp3) is 0.375. The van der Waals surface area contributed by atoms with E-state index in [1.165, 1.54) is 37.5 Å². The average molecular weight is 459 g/mol. The van der Waals surface area contributed by atoms with Crippen LogP contribution in [0.3, 0.4) is 0 Å². The summed E-state index contributed by atoms with van der Waals surface area (Å²) in [5.74, 6) is 1.55. The number of sulfonamides is 1. The first-order chi connectivity index (χ1) is 14.8. The van der Waals surface area contributed by atoms with E-state index in [0.717, 1.165) is 17.9 Å². The molecule has 2 bridgehead atoms. The minimum Gasteiger partial charge on any atom is -0.323 e. The van der Waals surface area contributed by atoms with Gasteiger partial charge in [0.1, 0.15) is 0 Å². The number of rotatable bonds is 7. The summed E-state index contributed by atoms with van der Waals surface area (Å²) in [5.41, 5.74) is 1.35. The Bertz CT molecular complexity index is 1080. The number of fused-ring (bicyclic) bond motifs is 2. The molecule has 0 spiro atoms. The maximum atomic E-state index is 12.8. The predicted molar refractivity (Wildman–Crippen MR) is 124 cm³/mol. The molecule has 2 aromatic carbocycles. The van der Waals surface area contributed by atoms with Gasteiger partial charge in [0.15, 0.2) is 0 Å². The van der Waals surface area contributed by atoms with Crippen molar-refractivity contribution in [3.8, 4) is 0 Å². The molecule has 164 valence electrons. The van der Waals surface area contributed by atoms with Crippen molar-refractivity contribution in [2.75, 3.05) is 5.32 Å². The Balaban J connectivity index is 1.35. The van der Waals surface area contributed by atoms with Crippen LogP contribution in [0.15, 0.2) is 59.5 Å². The molecule has 4 atom stereocenters. The quantitative estimate of drug-likeness (QED) is 0.567. The van der Waals surface area contributed by atoms with E-state index >= 15 is 0 Å². The third-order valence-corrected chi connectivity index (χ3v) is 8.29. The standard InChI is InChI=1S/C24H27ClN2O3S/c1-16(23-15-18-5-7-19(23)13-18)27-31(29,30)22-10-8-21(9-11-22)26-24(28)12-6-17-3-2-4-20(25)14-17/h2-4,6,8-12,14,16,18-19,23,27H,5,7,13,15H2,1H3,(H,26,28)/b12-6+/t16-,18-,19-,23+/m0/s1. The van der Waals surface area contributed by atoms with Crippen molar-refractivity contribution in [3.05, 3.63) is 65.2 Å². The van der Waals surface area contributed by atoms with E-state index in [9.17, 15) is 13.2 Å². The Labute approximate surface area is 188 Å². The van der Waals surface area contributed by atoms with E-state index in [0.29, 0.717) is 22.5 Å². The van der Waals surface area contributed by atoms with Crippen molar-refractivity contribution < 1.29 is 13.2 Å². The van der Waals surface area contributed by atoms with Gasteiger partial charge >= 0.3 is 0 Å². The van der Waals surface area contributed by atoms with Gasteiger partial charge in [-0.1, -0.05) is 30.2 Å². The average Bonchev–Trinajstić information content (AvgIpc) is 3.36. The number of anilines is 1. The molecule has 0 aliphatic heterocycles. The summed E-state index contributed by atoms with van der Waals surface area (Å²) in [6.07, 6.45) is 7.97. The van der Waals surface area contributed by atoms with Crippen LogP contribution in [-0.4, -0.2) is 20.4 Å². The second-order valence-electron chi connectivity index (χ2n) is 8.65. The van der Waals surface area contributed by atoms with Crippen LogP contribution in [-0.2, 0) is 14.8 Å². The molecule has 1 amide bonds. The zero-order valence-electron chi connectivity index (χ0n) is 17.4. The number of halogens is 1. The highest BCUT2D eigenvalue weighted by atomic mass is 35.5. The molecule has 0 unspecified atom stereocenters. The number of carbonyl (C=O) groups is 1. The van der Waals surface area contributed by atoms with Gasteiger partial charge in [-0.15, -0.1) is 0 Å². The Kier molecular flexibility index (Phi) is 6.51. The zero-order chi connectivity index (χ0) is 22.0. The lowest BCUT2D eigenvalue weighted by Gasteiger charge is -2.28. The topological polar surface area (TPSA) is 75.3 Å². The molecule has 5 nitrogen and oxygen atoms in total. The van der Waals surface area contributed by atoms with Gasteiger partial charge in [-0.3, -0.25) is 4.79 Å². The number of carbonyl (C=O) groups excluding carboxylic acids is 1. The lowest BCUT2D eigenvalue weighted by molar-refractivity contribution is -0.111. The molecule has 2 aromatic rings. The second kappa shape index (κ2) is 9.15. The van der Waals surface area contributed by atoms with Crippen LogP contribution in [0.1, 0.15) is 38.2 Å². The zero-order valence-corrected chi connectivity index (χ0v) is 19.0. The van der Waals surface area contributed by atoms with Gasteiger partial charge in [0.2, 0.25) is 15.9 Å². The maximum absolute atomic E-state index is 12.8. The van der Waals surface area contributed by atoms with Crippen molar-refractivity contribution in [1.29, 1.82) is 0 Å². The smallest absolute Gasteiger partial charge is 0.248 e. The van der Waals surface area contributed by atoms with E-state index in [2.05, 4.69) is 10.0 Å².